The van der Waals surface area contributed by atoms with E-state index in [1.54, 1.807) is 0 Å². The van der Waals surface area contributed by atoms with Gasteiger partial charge in [0.1, 0.15) is 0 Å². The Bertz CT molecular complexity index is 530. The van der Waals surface area contributed by atoms with Crippen molar-refractivity contribution in [2.24, 2.45) is 11.8 Å². The Morgan fingerprint density at radius 2 is 2.09 bits per heavy atom. The lowest BCUT2D eigenvalue weighted by Crippen LogP contribution is -2.33. The summed E-state index contributed by atoms with van der Waals surface area (Å²) < 4.78 is 0. The molecule has 0 aromatic heterocycles. The molecule has 1 saturated heterocycles. The molecule has 1 saturated carbocycles. The van der Waals surface area contributed by atoms with E-state index >= 15 is 0 Å². The minimum atomic E-state index is 0.169. The Hall–Kier alpha value is -1.02. The predicted molar refractivity (Wildman–Crippen MR) is 91.1 cm³/mol. The first kappa shape index (κ1) is 15.9. The Kier molecular flexibility index (Phi) is 5.07. The van der Waals surface area contributed by atoms with Crippen LogP contribution in [0.25, 0.3) is 0 Å². The average molecular weight is 320 g/mol. The van der Waals surface area contributed by atoms with Crippen LogP contribution < -0.4 is 0 Å². The van der Waals surface area contributed by atoms with E-state index in [2.05, 4.69) is 17.9 Å². The van der Waals surface area contributed by atoms with Crippen molar-refractivity contribution in [3.63, 3.8) is 0 Å². The zero-order chi connectivity index (χ0) is 15.5. The highest BCUT2D eigenvalue weighted by molar-refractivity contribution is 6.31. The highest BCUT2D eigenvalue weighted by Gasteiger charge is 2.46. The topological polar surface area (TPSA) is 20.3 Å². The zero-order valence-electron chi connectivity index (χ0n) is 13.4. The van der Waals surface area contributed by atoms with Gasteiger partial charge in [-0.05, 0) is 49.1 Å². The highest BCUT2D eigenvalue weighted by atomic mass is 35.5. The molecule has 0 spiro atoms. The lowest BCUT2D eigenvalue weighted by atomic mass is 9.96. The second-order valence-corrected chi connectivity index (χ2v) is 7.29. The summed E-state index contributed by atoms with van der Waals surface area (Å²) in [5, 5.41) is 0.807. The third-order valence-corrected chi connectivity index (χ3v) is 5.61. The summed E-state index contributed by atoms with van der Waals surface area (Å²) in [4.78, 5) is 14.9. The summed E-state index contributed by atoms with van der Waals surface area (Å²) >= 11 is 6.27. The van der Waals surface area contributed by atoms with Crippen LogP contribution in [0.1, 0.15) is 56.9 Å². The predicted octanol–water partition coefficient (Wildman–Crippen LogP) is 4.87. The first-order valence-corrected chi connectivity index (χ1v) is 9.11. The molecule has 3 atom stereocenters. The molecule has 1 aromatic carbocycles. The van der Waals surface area contributed by atoms with Crippen LogP contribution in [-0.2, 0) is 4.79 Å². The molecule has 3 unspecified atom stereocenters. The molecular formula is C19H26ClNO. The highest BCUT2D eigenvalue weighted by Crippen LogP contribution is 2.50. The van der Waals surface area contributed by atoms with Crippen LogP contribution in [0, 0.1) is 11.8 Å². The average Bonchev–Trinajstić information content (AvgIpc) is 3.31. The van der Waals surface area contributed by atoms with Crippen molar-refractivity contribution in [1.29, 1.82) is 0 Å². The van der Waals surface area contributed by atoms with Crippen LogP contribution in [0.5, 0.6) is 0 Å². The van der Waals surface area contributed by atoms with E-state index in [1.807, 2.05) is 18.2 Å². The van der Waals surface area contributed by atoms with Gasteiger partial charge >= 0.3 is 0 Å². The van der Waals surface area contributed by atoms with Crippen LogP contribution in [0.15, 0.2) is 24.3 Å². The van der Waals surface area contributed by atoms with Crippen LogP contribution in [-0.4, -0.2) is 23.9 Å². The number of halogens is 1. The number of likely N-dealkylation sites (tertiary alicyclic amines) is 1. The van der Waals surface area contributed by atoms with Gasteiger partial charge in [0.25, 0.3) is 0 Å². The molecule has 1 aliphatic carbocycles. The fourth-order valence-corrected chi connectivity index (χ4v) is 4.18. The first-order valence-electron chi connectivity index (χ1n) is 8.74. The van der Waals surface area contributed by atoms with Crippen molar-refractivity contribution < 1.29 is 4.79 Å². The summed E-state index contributed by atoms with van der Waals surface area (Å²) in [6.45, 7) is 4.16. The van der Waals surface area contributed by atoms with Crippen LogP contribution in [0.4, 0.5) is 0 Å². The van der Waals surface area contributed by atoms with Gasteiger partial charge in [0.15, 0.2) is 0 Å². The minimum absolute atomic E-state index is 0.169. The molecule has 0 radical (unpaired) electrons. The third-order valence-electron chi connectivity index (χ3n) is 5.27. The molecular weight excluding hydrogens is 294 g/mol. The monoisotopic (exact) mass is 319 g/mol. The Balaban J connectivity index is 1.58. The number of carbonyl (C=O) groups excluding carboxylic acids is 1. The Labute approximate surface area is 138 Å². The normalized spacial score (nSPS) is 28.3. The molecule has 2 nitrogen and oxygen atoms in total. The first-order chi connectivity index (χ1) is 10.7. The second kappa shape index (κ2) is 7.04. The SMILES string of the molecule is CCCC1CCCN(C(=O)C2CC2c2ccccc2Cl)CC1. The van der Waals surface area contributed by atoms with Crippen LogP contribution in [0.3, 0.4) is 0 Å². The summed E-state index contributed by atoms with van der Waals surface area (Å²) in [5.41, 5.74) is 1.15. The second-order valence-electron chi connectivity index (χ2n) is 6.88. The molecule has 1 aromatic rings. The lowest BCUT2D eigenvalue weighted by molar-refractivity contribution is -0.132. The molecule has 2 aliphatic rings. The van der Waals surface area contributed by atoms with Gasteiger partial charge in [-0.2, -0.15) is 0 Å². The molecule has 1 amide bonds. The molecule has 22 heavy (non-hydrogen) atoms. The van der Waals surface area contributed by atoms with Crippen LogP contribution >= 0.6 is 11.6 Å². The van der Waals surface area contributed by atoms with E-state index in [9.17, 15) is 4.79 Å². The van der Waals surface area contributed by atoms with Gasteiger partial charge in [-0.1, -0.05) is 49.6 Å². The maximum Gasteiger partial charge on any atom is 0.226 e. The van der Waals surface area contributed by atoms with Crippen molar-refractivity contribution >= 4 is 17.5 Å². The molecule has 0 N–H and O–H groups in total. The number of hydrogen-bond donors (Lipinski definition) is 0. The Morgan fingerprint density at radius 1 is 1.27 bits per heavy atom. The van der Waals surface area contributed by atoms with E-state index < -0.39 is 0 Å². The van der Waals surface area contributed by atoms with Crippen molar-refractivity contribution in [3.05, 3.63) is 34.9 Å². The van der Waals surface area contributed by atoms with E-state index in [-0.39, 0.29) is 5.92 Å². The van der Waals surface area contributed by atoms with Crippen molar-refractivity contribution in [2.45, 2.75) is 51.4 Å². The number of benzene rings is 1. The van der Waals surface area contributed by atoms with Crippen molar-refractivity contribution in [2.75, 3.05) is 13.1 Å². The molecule has 0 bridgehead atoms. The summed E-state index contributed by atoms with van der Waals surface area (Å²) in [6, 6.07) is 7.97. The smallest absolute Gasteiger partial charge is 0.226 e. The lowest BCUT2D eigenvalue weighted by Gasteiger charge is -2.21. The molecule has 120 valence electrons. The summed E-state index contributed by atoms with van der Waals surface area (Å²) in [6.07, 6.45) is 7.18. The van der Waals surface area contributed by atoms with Crippen molar-refractivity contribution in [3.8, 4) is 0 Å². The van der Waals surface area contributed by atoms with Gasteiger partial charge in [-0.25, -0.2) is 0 Å². The van der Waals surface area contributed by atoms with Gasteiger partial charge in [0.2, 0.25) is 5.91 Å². The van der Waals surface area contributed by atoms with Crippen LogP contribution in [0.2, 0.25) is 5.02 Å². The van der Waals surface area contributed by atoms with E-state index in [0.29, 0.717) is 11.8 Å². The van der Waals surface area contributed by atoms with Gasteiger partial charge in [-0.15, -0.1) is 0 Å². The van der Waals surface area contributed by atoms with E-state index in [4.69, 9.17) is 11.6 Å². The van der Waals surface area contributed by atoms with Gasteiger partial charge in [0, 0.05) is 24.0 Å². The zero-order valence-corrected chi connectivity index (χ0v) is 14.2. The molecule has 3 rings (SSSR count). The number of amides is 1. The largest absolute Gasteiger partial charge is 0.342 e. The standard InChI is InChI=1S/C19H26ClNO/c1-2-6-14-7-5-11-21(12-10-14)19(22)17-13-16(17)15-8-3-4-9-18(15)20/h3-4,8-9,14,16-17H,2,5-7,10-13H2,1H3. The quantitative estimate of drug-likeness (QED) is 0.775. The number of nitrogens with zero attached hydrogens (tertiary/aromatic N) is 1. The fraction of sp³-hybridized carbons (Fsp3) is 0.632. The van der Waals surface area contributed by atoms with Crippen molar-refractivity contribution in [1.82, 2.24) is 4.90 Å². The summed E-state index contributed by atoms with van der Waals surface area (Å²) in [7, 11) is 0. The Morgan fingerprint density at radius 3 is 2.86 bits per heavy atom. The fourth-order valence-electron chi connectivity index (χ4n) is 3.90. The maximum absolute atomic E-state index is 12.8. The van der Waals surface area contributed by atoms with Gasteiger partial charge in [-0.3, -0.25) is 4.79 Å². The molecule has 1 aliphatic heterocycles. The number of rotatable bonds is 4. The number of hydrogen-bond acceptors (Lipinski definition) is 1. The third kappa shape index (κ3) is 3.48. The molecule has 1 heterocycles. The molecule has 2 fully saturated rings. The molecule has 3 heteroatoms. The van der Waals surface area contributed by atoms with Gasteiger partial charge in [0.05, 0.1) is 0 Å². The minimum Gasteiger partial charge on any atom is -0.342 e. The maximum atomic E-state index is 12.8. The van der Waals surface area contributed by atoms with Gasteiger partial charge < -0.3 is 4.90 Å². The number of carbonyl (C=O) groups is 1. The van der Waals surface area contributed by atoms with E-state index in [0.717, 1.165) is 36.0 Å². The summed E-state index contributed by atoms with van der Waals surface area (Å²) in [5.74, 6) is 1.70. The van der Waals surface area contributed by atoms with E-state index in [1.165, 1.54) is 32.1 Å².